The normalized spacial score (nSPS) is 15.4. The van der Waals surface area contributed by atoms with Gasteiger partial charge in [0.2, 0.25) is 0 Å². The van der Waals surface area contributed by atoms with E-state index in [1.807, 2.05) is 11.6 Å². The molecule has 0 atom stereocenters. The summed E-state index contributed by atoms with van der Waals surface area (Å²) in [5, 5.41) is 10.2. The smallest absolute Gasteiger partial charge is 0.120 e. The number of aryl methyl sites for hydroxylation is 1. The maximum absolute atomic E-state index is 10.2. The van der Waals surface area contributed by atoms with E-state index in [-0.39, 0.29) is 0 Å². The van der Waals surface area contributed by atoms with Crippen molar-refractivity contribution in [3.05, 3.63) is 44.9 Å². The predicted molar refractivity (Wildman–Crippen MR) is 86.9 cm³/mol. The molecule has 1 N–H and O–H groups in total. The van der Waals surface area contributed by atoms with Crippen LogP contribution in [0.5, 0.6) is 5.75 Å². The molecule has 0 saturated carbocycles. The zero-order chi connectivity index (χ0) is 15.0. The molecule has 1 aromatic carbocycles. The molecule has 112 valence electrons. The molecule has 3 rings (SSSR count). The molecule has 2 heterocycles. The largest absolute Gasteiger partial charge is 0.508 e. The van der Waals surface area contributed by atoms with Crippen LogP contribution in [0.1, 0.15) is 47.0 Å². The lowest BCUT2D eigenvalue weighted by molar-refractivity contribution is 0.244. The lowest BCUT2D eigenvalue weighted by Gasteiger charge is -2.26. The first-order chi connectivity index (χ1) is 10.0. The number of aromatic nitrogens is 1. The molecule has 0 saturated heterocycles. The van der Waals surface area contributed by atoms with Crippen LogP contribution in [0.4, 0.5) is 0 Å². The molecule has 1 aliphatic rings. The van der Waals surface area contributed by atoms with Gasteiger partial charge in [-0.15, -0.1) is 11.3 Å². The Hall–Kier alpha value is -1.39. The van der Waals surface area contributed by atoms with Gasteiger partial charge < -0.3 is 5.11 Å². The number of phenolic OH excluding ortho intramolecular Hbond substituents is 1. The minimum Gasteiger partial charge on any atom is -0.508 e. The number of nitrogens with zero attached hydrogens (tertiary/aromatic N) is 2. The summed E-state index contributed by atoms with van der Waals surface area (Å²) in [5.74, 6) is 0.908. The number of rotatable bonds is 3. The number of thiazole rings is 1. The lowest BCUT2D eigenvalue weighted by atomic mass is 9.95. The number of phenols is 1. The highest BCUT2D eigenvalue weighted by Gasteiger charge is 2.20. The van der Waals surface area contributed by atoms with Crippen molar-refractivity contribution in [3.8, 4) is 5.75 Å². The fourth-order valence-electron chi connectivity index (χ4n) is 3.05. The molecular weight excluding hydrogens is 280 g/mol. The van der Waals surface area contributed by atoms with Crippen molar-refractivity contribution in [3.63, 3.8) is 0 Å². The SMILES string of the molecule is Cc1cc(O)c(CN2CCc3ncsc3C2)cc1C(C)C. The molecule has 3 nitrogen and oxygen atoms in total. The molecule has 4 heteroatoms. The molecule has 0 fully saturated rings. The van der Waals surface area contributed by atoms with Crippen molar-refractivity contribution in [2.24, 2.45) is 0 Å². The minimum absolute atomic E-state index is 0.423. The predicted octanol–water partition coefficient (Wildman–Crippen LogP) is 3.84. The van der Waals surface area contributed by atoms with Crippen LogP contribution < -0.4 is 0 Å². The first-order valence-electron chi connectivity index (χ1n) is 7.50. The van der Waals surface area contributed by atoms with E-state index in [0.29, 0.717) is 11.7 Å². The molecule has 2 aromatic rings. The van der Waals surface area contributed by atoms with Gasteiger partial charge in [0.05, 0.1) is 11.2 Å². The number of hydrogen-bond donors (Lipinski definition) is 1. The second-order valence-electron chi connectivity index (χ2n) is 6.18. The molecule has 21 heavy (non-hydrogen) atoms. The Morgan fingerprint density at radius 3 is 2.95 bits per heavy atom. The van der Waals surface area contributed by atoms with Crippen molar-refractivity contribution >= 4 is 11.3 Å². The monoisotopic (exact) mass is 302 g/mol. The summed E-state index contributed by atoms with van der Waals surface area (Å²) in [6.07, 6.45) is 1.02. The summed E-state index contributed by atoms with van der Waals surface area (Å²) in [7, 11) is 0. The van der Waals surface area contributed by atoms with Gasteiger partial charge in [-0.25, -0.2) is 4.98 Å². The Kier molecular flexibility index (Phi) is 4.00. The first-order valence-corrected chi connectivity index (χ1v) is 8.38. The zero-order valence-corrected chi connectivity index (χ0v) is 13.7. The quantitative estimate of drug-likeness (QED) is 0.936. The highest BCUT2D eigenvalue weighted by Crippen LogP contribution is 2.30. The highest BCUT2D eigenvalue weighted by molar-refractivity contribution is 7.09. The molecule has 1 aliphatic heterocycles. The van der Waals surface area contributed by atoms with Crippen molar-refractivity contribution < 1.29 is 5.11 Å². The summed E-state index contributed by atoms with van der Waals surface area (Å²) in [6.45, 7) is 9.25. The third kappa shape index (κ3) is 2.97. The van der Waals surface area contributed by atoms with Crippen molar-refractivity contribution in [1.82, 2.24) is 9.88 Å². The average molecular weight is 302 g/mol. The number of fused-ring (bicyclic) bond motifs is 1. The van der Waals surface area contributed by atoms with Crippen molar-refractivity contribution in [1.29, 1.82) is 0 Å². The Labute approximate surface area is 130 Å². The van der Waals surface area contributed by atoms with Gasteiger partial charge >= 0.3 is 0 Å². The Morgan fingerprint density at radius 1 is 1.38 bits per heavy atom. The van der Waals surface area contributed by atoms with E-state index in [1.54, 1.807) is 11.3 Å². The third-order valence-electron chi connectivity index (χ3n) is 4.24. The van der Waals surface area contributed by atoms with E-state index in [2.05, 4.69) is 36.7 Å². The van der Waals surface area contributed by atoms with E-state index in [9.17, 15) is 5.11 Å². The van der Waals surface area contributed by atoms with Crippen LogP contribution in [0.2, 0.25) is 0 Å². The van der Waals surface area contributed by atoms with Gasteiger partial charge in [0.1, 0.15) is 5.75 Å². The van der Waals surface area contributed by atoms with Gasteiger partial charge in [0.25, 0.3) is 0 Å². The summed E-state index contributed by atoms with van der Waals surface area (Å²) in [5.41, 5.74) is 6.74. The second kappa shape index (κ2) is 5.78. The van der Waals surface area contributed by atoms with E-state index in [4.69, 9.17) is 0 Å². The molecule has 1 aromatic heterocycles. The highest BCUT2D eigenvalue weighted by atomic mass is 32.1. The zero-order valence-electron chi connectivity index (χ0n) is 12.9. The maximum atomic E-state index is 10.2. The van der Waals surface area contributed by atoms with Gasteiger partial charge in [-0.2, -0.15) is 0 Å². The average Bonchev–Trinajstić information content (AvgIpc) is 2.88. The van der Waals surface area contributed by atoms with Crippen LogP contribution in [0, 0.1) is 6.92 Å². The van der Waals surface area contributed by atoms with E-state index >= 15 is 0 Å². The molecular formula is C17H22N2OS. The van der Waals surface area contributed by atoms with Crippen LogP contribution in [-0.4, -0.2) is 21.5 Å². The summed E-state index contributed by atoms with van der Waals surface area (Å²) in [4.78, 5) is 8.18. The van der Waals surface area contributed by atoms with Gasteiger partial charge in [-0.05, 0) is 30.0 Å². The van der Waals surface area contributed by atoms with Crippen LogP contribution in [-0.2, 0) is 19.5 Å². The first kappa shape index (κ1) is 14.5. The van der Waals surface area contributed by atoms with E-state index in [0.717, 1.165) is 31.6 Å². The topological polar surface area (TPSA) is 36.4 Å². The molecule has 0 spiro atoms. The molecule has 0 bridgehead atoms. The Bertz CT molecular complexity index is 648. The third-order valence-corrected chi connectivity index (χ3v) is 5.10. The van der Waals surface area contributed by atoms with Crippen LogP contribution in [0.25, 0.3) is 0 Å². The van der Waals surface area contributed by atoms with Crippen molar-refractivity contribution in [2.45, 2.75) is 46.2 Å². The fraction of sp³-hybridized carbons (Fsp3) is 0.471. The summed E-state index contributed by atoms with van der Waals surface area (Å²) in [6, 6.07) is 4.09. The Balaban J connectivity index is 1.81. The summed E-state index contributed by atoms with van der Waals surface area (Å²) >= 11 is 1.74. The summed E-state index contributed by atoms with van der Waals surface area (Å²) < 4.78 is 0. The standard InChI is InChI=1S/C17H22N2OS/c1-11(2)14-7-13(16(20)6-12(14)3)8-19-5-4-15-17(9-19)21-10-18-15/h6-7,10-11,20H,4-5,8-9H2,1-3H3. The van der Waals surface area contributed by atoms with Crippen LogP contribution in [0.15, 0.2) is 17.6 Å². The van der Waals surface area contributed by atoms with E-state index in [1.165, 1.54) is 21.7 Å². The van der Waals surface area contributed by atoms with Crippen LogP contribution in [0.3, 0.4) is 0 Å². The number of hydrogen-bond acceptors (Lipinski definition) is 4. The lowest BCUT2D eigenvalue weighted by Crippen LogP contribution is -2.29. The maximum Gasteiger partial charge on any atom is 0.120 e. The molecule has 0 unspecified atom stereocenters. The second-order valence-corrected chi connectivity index (χ2v) is 7.11. The molecule has 0 amide bonds. The van der Waals surface area contributed by atoms with E-state index < -0.39 is 0 Å². The van der Waals surface area contributed by atoms with Gasteiger partial charge in [0, 0.05) is 36.5 Å². The molecule has 0 radical (unpaired) electrons. The van der Waals surface area contributed by atoms with Gasteiger partial charge in [0.15, 0.2) is 0 Å². The van der Waals surface area contributed by atoms with Gasteiger partial charge in [-0.1, -0.05) is 19.9 Å². The number of benzene rings is 1. The molecule has 0 aliphatic carbocycles. The minimum atomic E-state index is 0.423. The number of aromatic hydroxyl groups is 1. The van der Waals surface area contributed by atoms with Gasteiger partial charge in [-0.3, -0.25) is 4.90 Å². The van der Waals surface area contributed by atoms with Crippen LogP contribution >= 0.6 is 11.3 Å². The Morgan fingerprint density at radius 2 is 2.19 bits per heavy atom. The van der Waals surface area contributed by atoms with Crippen molar-refractivity contribution in [2.75, 3.05) is 6.54 Å². The fourth-order valence-corrected chi connectivity index (χ4v) is 3.91.